The normalized spacial score (nSPS) is 12.8. The number of aromatic nitrogens is 2. The van der Waals surface area contributed by atoms with Crippen LogP contribution in [0.5, 0.6) is 0 Å². The predicted octanol–water partition coefficient (Wildman–Crippen LogP) is 7.94. The van der Waals surface area contributed by atoms with E-state index in [0.29, 0.717) is 16.9 Å². The van der Waals surface area contributed by atoms with Crippen LogP contribution in [-0.4, -0.2) is 16.1 Å². The zero-order chi connectivity index (χ0) is 23.5. The summed E-state index contributed by atoms with van der Waals surface area (Å²) in [6.45, 7) is 6.39. The van der Waals surface area contributed by atoms with Gasteiger partial charge in [-0.3, -0.25) is 4.98 Å². The van der Waals surface area contributed by atoms with Crippen molar-refractivity contribution in [3.63, 3.8) is 0 Å². The minimum atomic E-state index is -4.27. The predicted molar refractivity (Wildman–Crippen MR) is 125 cm³/mol. The summed E-state index contributed by atoms with van der Waals surface area (Å²) in [5.41, 5.74) is 3.61. The Balaban J connectivity index is 1.69. The quantitative estimate of drug-likeness (QED) is 0.281. The molecule has 0 aliphatic rings. The summed E-state index contributed by atoms with van der Waals surface area (Å²) in [6.07, 6.45) is -2.67. The van der Waals surface area contributed by atoms with E-state index in [1.54, 1.807) is 12.3 Å². The molecular weight excluding hydrogens is 425 g/mol. The van der Waals surface area contributed by atoms with Crippen molar-refractivity contribution < 1.29 is 17.6 Å². The Morgan fingerprint density at radius 1 is 0.879 bits per heavy atom. The fourth-order valence-corrected chi connectivity index (χ4v) is 4.35. The van der Waals surface area contributed by atoms with Crippen molar-refractivity contribution in [2.45, 2.75) is 40.3 Å². The first-order valence-corrected chi connectivity index (χ1v) is 10.8. The second-order valence-electron chi connectivity index (χ2n) is 9.32. The number of halogens is 3. The lowest BCUT2D eigenvalue weighted by atomic mass is 9.84. The van der Waals surface area contributed by atoms with Gasteiger partial charge in [-0.2, -0.15) is 13.2 Å². The highest BCUT2D eigenvalue weighted by Crippen LogP contribution is 2.42. The highest BCUT2D eigenvalue weighted by molar-refractivity contribution is 6.11. The zero-order valence-electron chi connectivity index (χ0n) is 18.8. The molecule has 3 nitrogen and oxygen atoms in total. The maximum Gasteiger partial charge on any atom is 0.394 e. The van der Waals surface area contributed by atoms with Crippen molar-refractivity contribution >= 4 is 32.8 Å². The van der Waals surface area contributed by atoms with Crippen LogP contribution in [0.15, 0.2) is 59.1 Å². The van der Waals surface area contributed by atoms with E-state index in [0.717, 1.165) is 44.1 Å². The molecule has 3 aromatic heterocycles. The van der Waals surface area contributed by atoms with Gasteiger partial charge in [-0.15, -0.1) is 0 Å². The average Bonchev–Trinajstić information content (AvgIpc) is 3.09. The second-order valence-corrected chi connectivity index (χ2v) is 9.32. The van der Waals surface area contributed by atoms with Crippen LogP contribution < -0.4 is 0 Å². The van der Waals surface area contributed by atoms with E-state index in [2.05, 4.69) is 9.97 Å². The molecule has 0 unspecified atom stereocenters. The first-order chi connectivity index (χ1) is 15.5. The van der Waals surface area contributed by atoms with Gasteiger partial charge in [0.05, 0.1) is 11.1 Å². The lowest BCUT2D eigenvalue weighted by Crippen LogP contribution is -2.34. The fourth-order valence-electron chi connectivity index (χ4n) is 4.35. The third-order valence-corrected chi connectivity index (χ3v) is 6.33. The summed E-state index contributed by atoms with van der Waals surface area (Å²) >= 11 is 0. The molecule has 5 aromatic rings. The van der Waals surface area contributed by atoms with Gasteiger partial charge in [-0.25, -0.2) is 4.98 Å². The van der Waals surface area contributed by atoms with Gasteiger partial charge in [0, 0.05) is 33.6 Å². The lowest BCUT2D eigenvalue weighted by molar-refractivity contribution is -0.211. The molecule has 0 fully saturated rings. The van der Waals surface area contributed by atoms with E-state index in [4.69, 9.17) is 4.42 Å². The number of alkyl halides is 3. The third kappa shape index (κ3) is 3.54. The molecule has 5 rings (SSSR count). The highest BCUT2D eigenvalue weighted by Gasteiger charge is 2.46. The standard InChI is InChI=1S/C27H23F3N2O/c1-15-5-8-20-21-9-6-16(2)32-25(21)33-24(20)22(15)23-19-10-7-17(13-18(19)11-12-31-23)14-26(3,4)27(28,29)30/h5-13H,14H2,1-4H3. The molecular formula is C27H23F3N2O. The maximum atomic E-state index is 13.4. The highest BCUT2D eigenvalue weighted by atomic mass is 19.4. The topological polar surface area (TPSA) is 38.9 Å². The van der Waals surface area contributed by atoms with Crippen molar-refractivity contribution in [2.24, 2.45) is 5.41 Å². The fraction of sp³-hybridized carbons (Fsp3) is 0.259. The molecule has 33 heavy (non-hydrogen) atoms. The number of benzene rings is 2. The molecule has 0 bridgehead atoms. The average molecular weight is 448 g/mol. The number of hydrogen-bond donors (Lipinski definition) is 0. The molecule has 0 aliphatic carbocycles. The number of furan rings is 1. The zero-order valence-corrected chi connectivity index (χ0v) is 18.8. The molecule has 0 saturated carbocycles. The minimum absolute atomic E-state index is 0.0900. The number of aryl methyl sites for hydroxylation is 2. The number of pyridine rings is 2. The van der Waals surface area contributed by atoms with E-state index in [1.165, 1.54) is 13.8 Å². The summed E-state index contributed by atoms with van der Waals surface area (Å²) in [5, 5.41) is 3.61. The molecule has 0 spiro atoms. The lowest BCUT2D eigenvalue weighted by Gasteiger charge is -2.27. The summed E-state index contributed by atoms with van der Waals surface area (Å²) in [4.78, 5) is 9.19. The molecule has 0 amide bonds. The molecule has 0 saturated heterocycles. The van der Waals surface area contributed by atoms with Gasteiger partial charge < -0.3 is 4.42 Å². The molecule has 3 heterocycles. The van der Waals surface area contributed by atoms with E-state index in [9.17, 15) is 13.2 Å². The van der Waals surface area contributed by atoms with Crippen LogP contribution in [-0.2, 0) is 6.42 Å². The van der Waals surface area contributed by atoms with Crippen molar-refractivity contribution in [3.05, 3.63) is 71.5 Å². The largest absolute Gasteiger partial charge is 0.437 e. The van der Waals surface area contributed by atoms with Crippen LogP contribution in [0.25, 0.3) is 44.1 Å². The Hall–Kier alpha value is -3.41. The Labute approximate surface area is 189 Å². The minimum Gasteiger partial charge on any atom is -0.437 e. The Kier molecular flexibility index (Phi) is 4.74. The first kappa shape index (κ1) is 21.4. The first-order valence-electron chi connectivity index (χ1n) is 10.8. The van der Waals surface area contributed by atoms with E-state index < -0.39 is 11.6 Å². The monoisotopic (exact) mass is 448 g/mol. The van der Waals surface area contributed by atoms with Gasteiger partial charge in [0.25, 0.3) is 0 Å². The molecule has 0 radical (unpaired) electrons. The van der Waals surface area contributed by atoms with Gasteiger partial charge in [-0.05, 0) is 55.0 Å². The summed E-state index contributed by atoms with van der Waals surface area (Å²) < 4.78 is 46.4. The summed E-state index contributed by atoms with van der Waals surface area (Å²) in [7, 11) is 0. The maximum absolute atomic E-state index is 13.4. The molecule has 168 valence electrons. The smallest absolute Gasteiger partial charge is 0.394 e. The molecule has 0 aliphatic heterocycles. The van der Waals surface area contributed by atoms with Crippen LogP contribution in [0.4, 0.5) is 13.2 Å². The van der Waals surface area contributed by atoms with Gasteiger partial charge in [-0.1, -0.05) is 44.2 Å². The number of rotatable bonds is 3. The van der Waals surface area contributed by atoms with Gasteiger partial charge in [0.15, 0.2) is 0 Å². The van der Waals surface area contributed by atoms with Crippen LogP contribution in [0.1, 0.15) is 30.7 Å². The van der Waals surface area contributed by atoms with Crippen LogP contribution in [0.3, 0.4) is 0 Å². The van der Waals surface area contributed by atoms with Crippen molar-refractivity contribution in [2.75, 3.05) is 0 Å². The Morgan fingerprint density at radius 3 is 2.36 bits per heavy atom. The molecule has 0 atom stereocenters. The van der Waals surface area contributed by atoms with Crippen molar-refractivity contribution in [1.82, 2.24) is 9.97 Å². The van der Waals surface area contributed by atoms with Crippen LogP contribution in [0, 0.1) is 19.3 Å². The van der Waals surface area contributed by atoms with Crippen molar-refractivity contribution in [1.29, 1.82) is 0 Å². The summed E-state index contributed by atoms with van der Waals surface area (Å²) in [5.74, 6) is 0. The summed E-state index contributed by atoms with van der Waals surface area (Å²) in [6, 6.07) is 15.3. The van der Waals surface area contributed by atoms with E-state index in [1.807, 2.05) is 56.3 Å². The molecule has 2 aromatic carbocycles. The Bertz CT molecular complexity index is 1530. The van der Waals surface area contributed by atoms with Gasteiger partial charge in [0.1, 0.15) is 5.58 Å². The number of nitrogens with zero attached hydrogens (tertiary/aromatic N) is 2. The number of fused-ring (bicyclic) bond motifs is 4. The SMILES string of the molecule is Cc1ccc2c(n1)oc1c(-c3nccc4cc(CC(C)(C)C(F)(F)F)ccc34)c(C)ccc12. The second kappa shape index (κ2) is 7.30. The van der Waals surface area contributed by atoms with Crippen molar-refractivity contribution in [3.8, 4) is 11.3 Å². The third-order valence-electron chi connectivity index (χ3n) is 6.33. The van der Waals surface area contributed by atoms with E-state index in [-0.39, 0.29) is 6.42 Å². The molecule has 0 N–H and O–H groups in total. The van der Waals surface area contributed by atoms with Crippen LogP contribution in [0.2, 0.25) is 0 Å². The Morgan fingerprint density at radius 2 is 1.61 bits per heavy atom. The van der Waals surface area contributed by atoms with E-state index >= 15 is 0 Å². The molecule has 6 heteroatoms. The number of hydrogen-bond acceptors (Lipinski definition) is 3. The van der Waals surface area contributed by atoms with Gasteiger partial charge >= 0.3 is 6.18 Å². The van der Waals surface area contributed by atoms with Crippen LogP contribution >= 0.6 is 0 Å². The van der Waals surface area contributed by atoms with Gasteiger partial charge in [0.2, 0.25) is 5.71 Å².